The maximum Gasteiger partial charge on any atom is 0.256 e. The van der Waals surface area contributed by atoms with Gasteiger partial charge in [0.05, 0.1) is 0 Å². The van der Waals surface area contributed by atoms with E-state index in [2.05, 4.69) is 22.5 Å². The zero-order chi connectivity index (χ0) is 13.9. The lowest BCUT2D eigenvalue weighted by molar-refractivity contribution is 0.0921. The molecule has 2 heterocycles. The highest BCUT2D eigenvalue weighted by Gasteiger charge is 2.27. The second kappa shape index (κ2) is 6.90. The number of carbonyl (C=O) groups excluding carboxylic acids is 1. The van der Waals surface area contributed by atoms with Gasteiger partial charge in [-0.15, -0.1) is 12.4 Å². The van der Waals surface area contributed by atoms with Crippen LogP contribution in [0, 0.1) is 12.3 Å². The second-order valence-corrected chi connectivity index (χ2v) is 5.64. The minimum atomic E-state index is -0.291. The average molecular weight is 300 g/mol. The van der Waals surface area contributed by atoms with Gasteiger partial charge in [0.1, 0.15) is 5.56 Å². The minimum absolute atomic E-state index is 0. The van der Waals surface area contributed by atoms with Crippen LogP contribution in [0.5, 0.6) is 0 Å². The molecule has 1 fully saturated rings. The Labute approximate surface area is 125 Å². The molecule has 1 aromatic rings. The summed E-state index contributed by atoms with van der Waals surface area (Å²) in [5, 5.41) is 6.19. The van der Waals surface area contributed by atoms with E-state index in [1.165, 1.54) is 12.3 Å². The molecule has 1 aromatic heterocycles. The van der Waals surface area contributed by atoms with E-state index in [1.54, 1.807) is 6.92 Å². The topological polar surface area (TPSA) is 74.0 Å². The van der Waals surface area contributed by atoms with Crippen molar-refractivity contribution in [1.29, 1.82) is 0 Å². The fourth-order valence-electron chi connectivity index (χ4n) is 2.35. The van der Waals surface area contributed by atoms with Crippen molar-refractivity contribution < 1.29 is 4.79 Å². The summed E-state index contributed by atoms with van der Waals surface area (Å²) in [5.41, 5.74) is 0.831. The third-order valence-electron chi connectivity index (χ3n) is 3.79. The van der Waals surface area contributed by atoms with Crippen LogP contribution in [0.4, 0.5) is 0 Å². The standard InChI is InChI=1S/C14H21N3O2.ClH/c1-10-7-12(18)11(8-16-10)13(19)17-9-14(2)3-5-15-6-4-14;/h7-8,15H,3-6,9H2,1-2H3,(H,16,18)(H,17,19);1H. The van der Waals surface area contributed by atoms with Crippen molar-refractivity contribution in [3.63, 3.8) is 0 Å². The number of hydrogen-bond acceptors (Lipinski definition) is 3. The molecule has 20 heavy (non-hydrogen) atoms. The van der Waals surface area contributed by atoms with E-state index in [0.29, 0.717) is 6.54 Å². The van der Waals surface area contributed by atoms with Crippen molar-refractivity contribution in [1.82, 2.24) is 15.6 Å². The Balaban J connectivity index is 0.00000200. The molecule has 0 spiro atoms. The van der Waals surface area contributed by atoms with Gasteiger partial charge < -0.3 is 15.6 Å². The van der Waals surface area contributed by atoms with E-state index < -0.39 is 0 Å². The Morgan fingerprint density at radius 1 is 1.40 bits per heavy atom. The summed E-state index contributed by atoms with van der Waals surface area (Å²) in [6, 6.07) is 1.45. The van der Waals surface area contributed by atoms with E-state index in [0.717, 1.165) is 31.6 Å². The molecule has 1 amide bonds. The van der Waals surface area contributed by atoms with Gasteiger partial charge in [0.15, 0.2) is 5.43 Å². The quantitative estimate of drug-likeness (QED) is 0.786. The summed E-state index contributed by atoms with van der Waals surface area (Å²) in [7, 11) is 0. The number of rotatable bonds is 3. The molecule has 0 unspecified atom stereocenters. The first-order chi connectivity index (χ1) is 9.00. The normalized spacial score (nSPS) is 17.1. The number of aromatic amines is 1. The lowest BCUT2D eigenvalue weighted by Crippen LogP contribution is -2.43. The summed E-state index contributed by atoms with van der Waals surface area (Å²) < 4.78 is 0. The van der Waals surface area contributed by atoms with Gasteiger partial charge in [0, 0.05) is 24.5 Å². The molecule has 112 valence electrons. The van der Waals surface area contributed by atoms with E-state index in [1.807, 2.05) is 0 Å². The number of aryl methyl sites for hydroxylation is 1. The monoisotopic (exact) mass is 299 g/mol. The average Bonchev–Trinajstić information content (AvgIpc) is 2.37. The van der Waals surface area contributed by atoms with Crippen molar-refractivity contribution in [3.05, 3.63) is 33.7 Å². The Morgan fingerprint density at radius 2 is 2.05 bits per heavy atom. The fourth-order valence-corrected chi connectivity index (χ4v) is 2.35. The fraction of sp³-hybridized carbons (Fsp3) is 0.571. The number of carbonyl (C=O) groups is 1. The van der Waals surface area contributed by atoms with Crippen LogP contribution in [0.15, 0.2) is 17.1 Å². The zero-order valence-corrected chi connectivity index (χ0v) is 12.7. The number of aromatic nitrogens is 1. The van der Waals surface area contributed by atoms with Crippen LogP contribution in [-0.4, -0.2) is 30.5 Å². The van der Waals surface area contributed by atoms with Crippen molar-refractivity contribution in [2.75, 3.05) is 19.6 Å². The van der Waals surface area contributed by atoms with Crippen LogP contribution in [0.3, 0.4) is 0 Å². The van der Waals surface area contributed by atoms with E-state index >= 15 is 0 Å². The lowest BCUT2D eigenvalue weighted by Gasteiger charge is -2.34. The summed E-state index contributed by atoms with van der Waals surface area (Å²) in [6.07, 6.45) is 3.56. The van der Waals surface area contributed by atoms with E-state index in [9.17, 15) is 9.59 Å². The number of H-pyrrole nitrogens is 1. The molecule has 0 radical (unpaired) electrons. The van der Waals surface area contributed by atoms with Gasteiger partial charge >= 0.3 is 0 Å². The molecule has 0 atom stereocenters. The van der Waals surface area contributed by atoms with Crippen molar-refractivity contribution in [3.8, 4) is 0 Å². The highest BCUT2D eigenvalue weighted by Crippen LogP contribution is 2.26. The lowest BCUT2D eigenvalue weighted by atomic mass is 9.81. The van der Waals surface area contributed by atoms with Crippen LogP contribution >= 0.6 is 12.4 Å². The molecule has 1 aliphatic heterocycles. The smallest absolute Gasteiger partial charge is 0.256 e. The molecule has 1 saturated heterocycles. The second-order valence-electron chi connectivity index (χ2n) is 5.64. The molecule has 0 bridgehead atoms. The Kier molecular flexibility index (Phi) is 5.77. The first-order valence-corrected chi connectivity index (χ1v) is 6.68. The summed E-state index contributed by atoms with van der Waals surface area (Å²) in [5.74, 6) is -0.291. The zero-order valence-electron chi connectivity index (χ0n) is 11.9. The highest BCUT2D eigenvalue weighted by molar-refractivity contribution is 5.93. The molecule has 0 aliphatic carbocycles. The van der Waals surface area contributed by atoms with E-state index in [-0.39, 0.29) is 34.7 Å². The number of nitrogens with one attached hydrogen (secondary N) is 3. The highest BCUT2D eigenvalue weighted by atomic mass is 35.5. The van der Waals surface area contributed by atoms with Crippen LogP contribution < -0.4 is 16.1 Å². The summed E-state index contributed by atoms with van der Waals surface area (Å²) in [6.45, 7) is 6.54. The first-order valence-electron chi connectivity index (χ1n) is 6.68. The van der Waals surface area contributed by atoms with Gasteiger partial charge in [-0.2, -0.15) is 0 Å². The Hall–Kier alpha value is -1.33. The summed E-state index contributed by atoms with van der Waals surface area (Å²) >= 11 is 0. The molecule has 3 N–H and O–H groups in total. The first kappa shape index (κ1) is 16.7. The maximum atomic E-state index is 12.0. The number of amides is 1. The number of pyridine rings is 1. The predicted molar refractivity (Wildman–Crippen MR) is 81.6 cm³/mol. The minimum Gasteiger partial charge on any atom is -0.364 e. The van der Waals surface area contributed by atoms with Gasteiger partial charge in [0.25, 0.3) is 5.91 Å². The third kappa shape index (κ3) is 4.08. The van der Waals surface area contributed by atoms with Gasteiger partial charge in [-0.1, -0.05) is 6.92 Å². The molecular weight excluding hydrogens is 278 g/mol. The van der Waals surface area contributed by atoms with Gasteiger partial charge in [-0.25, -0.2) is 0 Å². The molecule has 0 aromatic carbocycles. The number of piperidine rings is 1. The number of halogens is 1. The van der Waals surface area contributed by atoms with Crippen LogP contribution in [-0.2, 0) is 0 Å². The molecule has 2 rings (SSSR count). The molecule has 5 nitrogen and oxygen atoms in total. The van der Waals surface area contributed by atoms with Crippen molar-refractivity contribution in [2.24, 2.45) is 5.41 Å². The van der Waals surface area contributed by atoms with E-state index in [4.69, 9.17) is 0 Å². The van der Waals surface area contributed by atoms with Crippen molar-refractivity contribution >= 4 is 18.3 Å². The third-order valence-corrected chi connectivity index (χ3v) is 3.79. The summed E-state index contributed by atoms with van der Waals surface area (Å²) in [4.78, 5) is 26.6. The predicted octanol–water partition coefficient (Wildman–Crippen LogP) is 1.22. The van der Waals surface area contributed by atoms with Crippen molar-refractivity contribution in [2.45, 2.75) is 26.7 Å². The maximum absolute atomic E-state index is 12.0. The molecule has 1 aliphatic rings. The molecule has 0 saturated carbocycles. The van der Waals surface area contributed by atoms with Gasteiger partial charge in [0.2, 0.25) is 0 Å². The van der Waals surface area contributed by atoms with Crippen LogP contribution in [0.2, 0.25) is 0 Å². The molecule has 6 heteroatoms. The SMILES string of the molecule is Cc1cc(=O)c(C(=O)NCC2(C)CCNCC2)c[nH]1.Cl. The van der Waals surface area contributed by atoms with Gasteiger partial charge in [-0.05, 0) is 38.3 Å². The number of hydrogen-bond donors (Lipinski definition) is 3. The van der Waals surface area contributed by atoms with Crippen LogP contribution in [0.25, 0.3) is 0 Å². The largest absolute Gasteiger partial charge is 0.364 e. The Bertz CT molecular complexity index is 521. The molecular formula is C14H22ClN3O2. The van der Waals surface area contributed by atoms with Crippen LogP contribution in [0.1, 0.15) is 35.8 Å². The Morgan fingerprint density at radius 3 is 2.65 bits per heavy atom. The van der Waals surface area contributed by atoms with Gasteiger partial charge in [-0.3, -0.25) is 9.59 Å².